The van der Waals surface area contributed by atoms with Gasteiger partial charge in [-0.05, 0) is 47.7 Å². The lowest BCUT2D eigenvalue weighted by Crippen LogP contribution is -2.57. The van der Waals surface area contributed by atoms with E-state index in [1.165, 1.54) is 7.11 Å². The molecular weight excluding hydrogens is 489 g/mol. The molecule has 0 aromatic rings. The number of rotatable bonds is 11. The third kappa shape index (κ3) is 6.84. The number of esters is 1. The number of cyclic esters (lactones) is 1. The maximum Gasteiger partial charge on any atom is 0.340 e. The summed E-state index contributed by atoms with van der Waals surface area (Å²) in [6.45, 7) is 12.0. The number of carboxylic acids is 1. The predicted molar refractivity (Wildman–Crippen MR) is 133 cm³/mol. The summed E-state index contributed by atoms with van der Waals surface area (Å²) in [5.74, 6) is -3.60. The van der Waals surface area contributed by atoms with Crippen LogP contribution in [0.3, 0.4) is 0 Å². The lowest BCUT2D eigenvalue weighted by Gasteiger charge is -2.47. The fourth-order valence-corrected chi connectivity index (χ4v) is 5.82. The average molecular weight is 532 g/mol. The summed E-state index contributed by atoms with van der Waals surface area (Å²) in [6, 6.07) is -0.0681. The molecule has 2 rings (SSSR count). The molecule has 0 spiro atoms. The van der Waals surface area contributed by atoms with Crippen LogP contribution in [0.2, 0.25) is 0 Å². The molecule has 0 saturated carbocycles. The van der Waals surface area contributed by atoms with Crippen LogP contribution in [0.15, 0.2) is 11.3 Å². The van der Waals surface area contributed by atoms with Crippen LogP contribution in [0.1, 0.15) is 61.3 Å². The van der Waals surface area contributed by atoms with Crippen molar-refractivity contribution < 1.29 is 42.9 Å². The Morgan fingerprint density at radius 2 is 1.92 bits per heavy atom. The van der Waals surface area contributed by atoms with E-state index in [-0.39, 0.29) is 27.0 Å². The molecule has 1 unspecified atom stereocenters. The number of carbonyl (C=O) groups excluding carboxylic acids is 1. The number of carbonyl (C=O) groups is 2. The van der Waals surface area contributed by atoms with E-state index in [4.69, 9.17) is 23.7 Å². The Hall–Kier alpha value is -1.58. The maximum atomic E-state index is 12.6. The van der Waals surface area contributed by atoms with E-state index in [1.54, 1.807) is 34.6 Å². The highest BCUT2D eigenvalue weighted by Gasteiger charge is 2.50. The van der Waals surface area contributed by atoms with E-state index in [1.807, 2.05) is 32.8 Å². The van der Waals surface area contributed by atoms with E-state index in [0.29, 0.717) is 17.8 Å². The van der Waals surface area contributed by atoms with Gasteiger partial charge in [-0.1, -0.05) is 13.8 Å². The predicted octanol–water partition coefficient (Wildman–Crippen LogP) is 3.83. The van der Waals surface area contributed by atoms with Crippen molar-refractivity contribution in [1.29, 1.82) is 0 Å². The van der Waals surface area contributed by atoms with Gasteiger partial charge in [0.25, 0.3) is 0 Å². The molecule has 0 aliphatic carbocycles. The number of aliphatic carboxylic acids is 1. The van der Waals surface area contributed by atoms with E-state index in [0.717, 1.165) is 0 Å². The van der Waals surface area contributed by atoms with Crippen molar-refractivity contribution in [3.63, 3.8) is 0 Å². The second kappa shape index (κ2) is 11.9. The summed E-state index contributed by atoms with van der Waals surface area (Å²) < 4.78 is 42.4. The lowest BCUT2D eigenvalue weighted by atomic mass is 9.80. The summed E-state index contributed by atoms with van der Waals surface area (Å²) in [5.41, 5.74) is -1.32. The molecule has 0 amide bonds. The van der Waals surface area contributed by atoms with Gasteiger partial charge in [-0.25, -0.2) is 4.79 Å². The van der Waals surface area contributed by atoms with Crippen LogP contribution < -0.4 is 0 Å². The van der Waals surface area contributed by atoms with E-state index in [9.17, 15) is 19.3 Å². The van der Waals surface area contributed by atoms with Crippen molar-refractivity contribution >= 4 is 20.4 Å². The average Bonchev–Trinajstić information content (AvgIpc) is 2.78. The molecule has 206 valence electrons. The zero-order chi connectivity index (χ0) is 27.6. The minimum Gasteiger partial charge on any atom is -0.481 e. The minimum absolute atomic E-state index is 0.0681. The molecule has 1 saturated heterocycles. The number of hydrogen-bond donors (Lipinski definition) is 1. The van der Waals surface area contributed by atoms with Gasteiger partial charge in [-0.15, -0.1) is 0 Å². The van der Waals surface area contributed by atoms with Crippen molar-refractivity contribution in [3.05, 3.63) is 11.3 Å². The van der Waals surface area contributed by atoms with Crippen LogP contribution in [0, 0.1) is 11.8 Å². The largest absolute Gasteiger partial charge is 0.481 e. The first-order chi connectivity index (χ1) is 16.6. The highest BCUT2D eigenvalue weighted by atomic mass is 31.1. The van der Waals surface area contributed by atoms with Gasteiger partial charge in [-0.3, -0.25) is 9.36 Å². The molecule has 10 nitrogen and oxygen atoms in total. The fourth-order valence-electron chi connectivity index (χ4n) is 5.06. The van der Waals surface area contributed by atoms with Crippen LogP contribution in [-0.4, -0.2) is 84.7 Å². The monoisotopic (exact) mass is 531 g/mol. The summed E-state index contributed by atoms with van der Waals surface area (Å²) in [6.07, 6.45) is -1.06. The molecule has 2 aliphatic rings. The number of carboxylic acid groups (broad SMARTS) is 1. The zero-order valence-electron chi connectivity index (χ0n) is 23.1. The first-order valence-corrected chi connectivity index (χ1v) is 13.2. The molecule has 1 N–H and O–H groups in total. The molecule has 1 fully saturated rings. The number of nitrogens with zero attached hydrogens (tertiary/aromatic N) is 1. The van der Waals surface area contributed by atoms with Gasteiger partial charge in [-0.2, -0.15) is 0 Å². The lowest BCUT2D eigenvalue weighted by molar-refractivity contribution is -0.266. The SMILES string of the molecule is CO[C@](C)(C[C@@H](C)C(=O)O)[C@H](O[C@@H]1O[C@H](C)CC(N(C)C)[C@H]1P=O)[C@@H](C)C1=C(C)C(=O)OC(C)(C)O1. The maximum absolute atomic E-state index is 12.6. The first-order valence-electron chi connectivity index (χ1n) is 12.3. The van der Waals surface area contributed by atoms with Crippen molar-refractivity contribution in [1.82, 2.24) is 4.90 Å². The van der Waals surface area contributed by atoms with Gasteiger partial charge < -0.3 is 33.7 Å². The van der Waals surface area contributed by atoms with E-state index in [2.05, 4.69) is 0 Å². The Morgan fingerprint density at radius 1 is 1.31 bits per heavy atom. The molecule has 2 aliphatic heterocycles. The Kier molecular flexibility index (Phi) is 10.1. The molecule has 8 atom stereocenters. The third-order valence-electron chi connectivity index (χ3n) is 7.12. The van der Waals surface area contributed by atoms with Gasteiger partial charge in [0.2, 0.25) is 5.79 Å². The highest BCUT2D eigenvalue weighted by molar-refractivity contribution is 7.24. The summed E-state index contributed by atoms with van der Waals surface area (Å²) in [5, 5.41) is 9.62. The molecular formula is C25H42NO9P. The van der Waals surface area contributed by atoms with Crippen molar-refractivity contribution in [2.24, 2.45) is 11.8 Å². The van der Waals surface area contributed by atoms with Crippen LogP contribution in [0.5, 0.6) is 0 Å². The minimum atomic E-state index is -1.19. The van der Waals surface area contributed by atoms with Crippen molar-refractivity contribution in [2.45, 2.75) is 103 Å². The van der Waals surface area contributed by atoms with Crippen LogP contribution >= 0.6 is 8.46 Å². The Labute approximate surface area is 215 Å². The first kappa shape index (κ1) is 30.6. The van der Waals surface area contributed by atoms with Gasteiger partial charge in [0.1, 0.15) is 11.4 Å². The van der Waals surface area contributed by atoms with Crippen LogP contribution in [-0.2, 0) is 37.8 Å². The molecule has 0 radical (unpaired) electrons. The van der Waals surface area contributed by atoms with E-state index < -0.39 is 53.2 Å². The summed E-state index contributed by atoms with van der Waals surface area (Å²) in [7, 11) is 5.21. The molecule has 0 aromatic heterocycles. The van der Waals surface area contributed by atoms with Crippen molar-refractivity contribution in [2.75, 3.05) is 21.2 Å². The second-order valence-electron chi connectivity index (χ2n) is 10.9. The van der Waals surface area contributed by atoms with Gasteiger partial charge >= 0.3 is 11.9 Å². The highest BCUT2D eigenvalue weighted by Crippen LogP contribution is 2.41. The van der Waals surface area contributed by atoms with Crippen LogP contribution in [0.4, 0.5) is 0 Å². The van der Waals surface area contributed by atoms with Crippen LogP contribution in [0.25, 0.3) is 0 Å². The summed E-state index contributed by atoms with van der Waals surface area (Å²) >= 11 is 0. The number of hydrogen-bond acceptors (Lipinski definition) is 9. The van der Waals surface area contributed by atoms with Crippen molar-refractivity contribution in [3.8, 4) is 0 Å². The Bertz CT molecular complexity index is 860. The normalized spacial score (nSPS) is 30.8. The molecule has 2 heterocycles. The standard InChI is InChI=1S/C25H42NO9P/c1-13(21(27)28)12-25(7,31-10)20(15(3)18-16(4)22(29)35-24(5,6)34-18)33-23-19(36-30)17(26(8)9)11-14(2)32-23/h13-15,17,19-20,23H,11-12H2,1-10H3,(H,27,28)/t13-,14-,15+,17?,19-,20-,23+,25-/m1/s1. The fraction of sp³-hybridized carbons (Fsp3) is 0.840. The molecule has 0 aromatic carbocycles. The molecule has 11 heteroatoms. The second-order valence-corrected chi connectivity index (χ2v) is 11.7. The van der Waals surface area contributed by atoms with Gasteiger partial charge in [0.05, 0.1) is 29.3 Å². The van der Waals surface area contributed by atoms with E-state index >= 15 is 0 Å². The topological polar surface area (TPSA) is 121 Å². The number of methoxy groups -OCH3 is 1. The van der Waals surface area contributed by atoms with Gasteiger partial charge in [0.15, 0.2) is 14.8 Å². The summed E-state index contributed by atoms with van der Waals surface area (Å²) in [4.78, 5) is 26.4. The quantitative estimate of drug-likeness (QED) is 0.311. The van der Waals surface area contributed by atoms with Gasteiger partial charge in [0, 0.05) is 32.9 Å². The number of ether oxygens (including phenoxy) is 5. The molecule has 36 heavy (non-hydrogen) atoms. The smallest absolute Gasteiger partial charge is 0.340 e. The molecule has 0 bridgehead atoms. The Morgan fingerprint density at radius 3 is 2.42 bits per heavy atom. The Balaban J connectivity index is 2.57. The third-order valence-corrected chi connectivity index (χ3v) is 7.95. The zero-order valence-corrected chi connectivity index (χ0v) is 24.0.